The van der Waals surface area contributed by atoms with Crippen LogP contribution in [-0.2, 0) is 47.7 Å². The standard InChI is InChI=1S/C18H26O10/c1-9(19)24-7-14-6-15(8-25-10(2)20)17(27-12(4)22)18(28-13(5)23)16(14)26-11(3)21/h14-18H,6-8H2,1-5H3/t14-,15-,16-,17-/m1/s1. The molecule has 0 radical (unpaired) electrons. The molecule has 1 aliphatic carbocycles. The smallest absolute Gasteiger partial charge is 0.303 e. The first-order valence-electron chi connectivity index (χ1n) is 8.79. The molecule has 10 nitrogen and oxygen atoms in total. The molecule has 0 N–H and O–H groups in total. The fourth-order valence-electron chi connectivity index (χ4n) is 3.19. The molecule has 0 aromatic carbocycles. The van der Waals surface area contributed by atoms with E-state index in [9.17, 15) is 24.0 Å². The highest BCUT2D eigenvalue weighted by Crippen LogP contribution is 2.36. The van der Waals surface area contributed by atoms with Crippen LogP contribution in [0.5, 0.6) is 0 Å². The first-order valence-corrected chi connectivity index (χ1v) is 8.79. The Bertz CT molecular complexity index is 569. The fourth-order valence-corrected chi connectivity index (χ4v) is 3.19. The number of hydrogen-bond donors (Lipinski definition) is 0. The van der Waals surface area contributed by atoms with Crippen LogP contribution in [0, 0.1) is 11.8 Å². The molecule has 4 atom stereocenters. The van der Waals surface area contributed by atoms with Crippen molar-refractivity contribution in [2.24, 2.45) is 11.8 Å². The Hall–Kier alpha value is -2.65. The minimum atomic E-state index is -1.15. The zero-order valence-corrected chi connectivity index (χ0v) is 16.6. The summed E-state index contributed by atoms with van der Waals surface area (Å²) in [5.74, 6) is -4.17. The summed E-state index contributed by atoms with van der Waals surface area (Å²) < 4.78 is 26.1. The number of carbonyl (C=O) groups is 5. The van der Waals surface area contributed by atoms with Gasteiger partial charge in [0.05, 0.1) is 13.2 Å². The van der Waals surface area contributed by atoms with Crippen molar-refractivity contribution < 1.29 is 47.7 Å². The second-order valence-electron chi connectivity index (χ2n) is 6.58. The summed E-state index contributed by atoms with van der Waals surface area (Å²) in [6.45, 7) is 5.74. The van der Waals surface area contributed by atoms with Gasteiger partial charge in [-0.25, -0.2) is 0 Å². The highest BCUT2D eigenvalue weighted by molar-refractivity contribution is 5.69. The largest absolute Gasteiger partial charge is 0.465 e. The lowest BCUT2D eigenvalue weighted by atomic mass is 9.75. The first kappa shape index (κ1) is 23.4. The topological polar surface area (TPSA) is 132 Å². The van der Waals surface area contributed by atoms with Crippen LogP contribution in [-0.4, -0.2) is 61.4 Å². The van der Waals surface area contributed by atoms with E-state index in [0.717, 1.165) is 6.92 Å². The Morgan fingerprint density at radius 3 is 1.18 bits per heavy atom. The first-order chi connectivity index (χ1) is 13.0. The monoisotopic (exact) mass is 402 g/mol. The molecule has 0 spiro atoms. The van der Waals surface area contributed by atoms with Crippen molar-refractivity contribution in [1.29, 1.82) is 0 Å². The van der Waals surface area contributed by atoms with Crippen LogP contribution in [0.2, 0.25) is 0 Å². The van der Waals surface area contributed by atoms with E-state index in [-0.39, 0.29) is 19.6 Å². The average molecular weight is 402 g/mol. The molecule has 0 heterocycles. The summed E-state index contributed by atoms with van der Waals surface area (Å²) in [6, 6.07) is 0. The molecule has 0 aromatic rings. The molecular formula is C18H26O10. The maximum atomic E-state index is 11.6. The molecule has 0 bridgehead atoms. The van der Waals surface area contributed by atoms with Gasteiger partial charge in [0.25, 0.3) is 0 Å². The molecule has 1 saturated carbocycles. The molecule has 1 rings (SSSR count). The van der Waals surface area contributed by atoms with E-state index in [1.54, 1.807) is 0 Å². The van der Waals surface area contributed by atoms with Gasteiger partial charge in [-0.1, -0.05) is 0 Å². The van der Waals surface area contributed by atoms with Gasteiger partial charge in [0.1, 0.15) is 12.2 Å². The third kappa shape index (κ3) is 7.53. The van der Waals surface area contributed by atoms with Gasteiger partial charge in [-0.2, -0.15) is 0 Å². The Labute approximate surface area is 162 Å². The number of hydrogen-bond acceptors (Lipinski definition) is 10. The predicted octanol–water partition coefficient (Wildman–Crippen LogP) is 0.544. The van der Waals surface area contributed by atoms with Crippen molar-refractivity contribution >= 4 is 29.8 Å². The van der Waals surface area contributed by atoms with Crippen LogP contribution in [0.15, 0.2) is 0 Å². The highest BCUT2D eigenvalue weighted by Gasteiger charge is 2.51. The van der Waals surface area contributed by atoms with E-state index in [1.165, 1.54) is 27.7 Å². The number of ether oxygens (including phenoxy) is 5. The molecule has 1 fully saturated rings. The molecule has 0 unspecified atom stereocenters. The van der Waals surface area contributed by atoms with Crippen molar-refractivity contribution in [2.75, 3.05) is 13.2 Å². The summed E-state index contributed by atoms with van der Waals surface area (Å²) in [4.78, 5) is 57.3. The minimum absolute atomic E-state index is 0.117. The Morgan fingerprint density at radius 1 is 0.571 bits per heavy atom. The predicted molar refractivity (Wildman–Crippen MR) is 91.5 cm³/mol. The molecule has 0 aromatic heterocycles. The molecule has 10 heteroatoms. The molecule has 0 saturated heterocycles. The summed E-state index contributed by atoms with van der Waals surface area (Å²) in [7, 11) is 0. The minimum Gasteiger partial charge on any atom is -0.465 e. The molecule has 0 aliphatic heterocycles. The van der Waals surface area contributed by atoms with Gasteiger partial charge in [0.2, 0.25) is 0 Å². The van der Waals surface area contributed by atoms with E-state index in [0.29, 0.717) is 0 Å². The van der Waals surface area contributed by atoms with Crippen LogP contribution in [0.3, 0.4) is 0 Å². The highest BCUT2D eigenvalue weighted by atomic mass is 16.6. The van der Waals surface area contributed by atoms with Crippen molar-refractivity contribution in [3.05, 3.63) is 0 Å². The average Bonchev–Trinajstić information content (AvgIpc) is 2.54. The van der Waals surface area contributed by atoms with Crippen molar-refractivity contribution in [3.63, 3.8) is 0 Å². The SMILES string of the molecule is CC(=O)OC[C@H]1C[C@H](COC(C)=O)[C@@H](OC(C)=O)C(OC(C)=O)[C@@H]1OC(C)=O. The zero-order valence-electron chi connectivity index (χ0n) is 16.6. The maximum absolute atomic E-state index is 11.6. The van der Waals surface area contributed by atoms with Crippen molar-refractivity contribution in [2.45, 2.75) is 59.4 Å². The molecule has 1 aliphatic rings. The quantitative estimate of drug-likeness (QED) is 0.439. The van der Waals surface area contributed by atoms with E-state index in [2.05, 4.69) is 0 Å². The lowest BCUT2D eigenvalue weighted by molar-refractivity contribution is -0.211. The van der Waals surface area contributed by atoms with Crippen molar-refractivity contribution in [1.82, 2.24) is 0 Å². The second kappa shape index (κ2) is 10.6. The van der Waals surface area contributed by atoms with Gasteiger partial charge in [0, 0.05) is 46.5 Å². The van der Waals surface area contributed by atoms with E-state index < -0.39 is 60.0 Å². The Morgan fingerprint density at radius 2 is 0.893 bits per heavy atom. The summed E-state index contributed by atoms with van der Waals surface area (Å²) in [5, 5.41) is 0. The summed E-state index contributed by atoms with van der Waals surface area (Å²) >= 11 is 0. The van der Waals surface area contributed by atoms with Gasteiger partial charge in [-0.3, -0.25) is 24.0 Å². The number of rotatable bonds is 7. The Balaban J connectivity index is 3.26. The maximum Gasteiger partial charge on any atom is 0.303 e. The lowest BCUT2D eigenvalue weighted by Gasteiger charge is -2.44. The van der Waals surface area contributed by atoms with Gasteiger partial charge < -0.3 is 23.7 Å². The van der Waals surface area contributed by atoms with Gasteiger partial charge in [-0.05, 0) is 6.42 Å². The second-order valence-corrected chi connectivity index (χ2v) is 6.58. The third-order valence-corrected chi connectivity index (χ3v) is 4.09. The van der Waals surface area contributed by atoms with Crippen LogP contribution >= 0.6 is 0 Å². The van der Waals surface area contributed by atoms with Crippen LogP contribution in [0.4, 0.5) is 0 Å². The van der Waals surface area contributed by atoms with Gasteiger partial charge in [-0.15, -0.1) is 0 Å². The molecule has 28 heavy (non-hydrogen) atoms. The van der Waals surface area contributed by atoms with Gasteiger partial charge >= 0.3 is 29.8 Å². The third-order valence-electron chi connectivity index (χ3n) is 4.09. The van der Waals surface area contributed by atoms with E-state index >= 15 is 0 Å². The fraction of sp³-hybridized carbons (Fsp3) is 0.722. The van der Waals surface area contributed by atoms with E-state index in [1.807, 2.05) is 0 Å². The molecule has 158 valence electrons. The zero-order chi connectivity index (χ0) is 21.4. The number of esters is 5. The van der Waals surface area contributed by atoms with E-state index in [4.69, 9.17) is 23.7 Å². The summed E-state index contributed by atoms with van der Waals surface area (Å²) in [6.07, 6.45) is -2.95. The summed E-state index contributed by atoms with van der Waals surface area (Å²) in [5.41, 5.74) is 0. The number of carbonyl (C=O) groups excluding carboxylic acids is 5. The Kier molecular flexibility index (Phi) is 8.87. The van der Waals surface area contributed by atoms with Crippen LogP contribution in [0.1, 0.15) is 41.0 Å². The molecular weight excluding hydrogens is 376 g/mol. The molecule has 0 amide bonds. The van der Waals surface area contributed by atoms with Crippen molar-refractivity contribution in [3.8, 4) is 0 Å². The lowest BCUT2D eigenvalue weighted by Crippen LogP contribution is -2.57. The van der Waals surface area contributed by atoms with Crippen LogP contribution < -0.4 is 0 Å². The van der Waals surface area contributed by atoms with Crippen LogP contribution in [0.25, 0.3) is 0 Å². The normalized spacial score (nSPS) is 26.5. The van der Waals surface area contributed by atoms with Gasteiger partial charge in [0.15, 0.2) is 6.10 Å².